The van der Waals surface area contributed by atoms with Gasteiger partial charge in [0.05, 0.1) is 12.1 Å². The second kappa shape index (κ2) is 8.18. The molecule has 0 spiro atoms. The van der Waals surface area contributed by atoms with Crippen LogP contribution in [-0.2, 0) is 11.2 Å². The van der Waals surface area contributed by atoms with Crippen molar-refractivity contribution >= 4 is 5.96 Å². The van der Waals surface area contributed by atoms with Crippen LogP contribution in [0.25, 0.3) is 0 Å². The molecule has 0 amide bonds. The van der Waals surface area contributed by atoms with Gasteiger partial charge in [-0.05, 0) is 45.6 Å². The standard InChI is InChI=1S/C18H29N3O/c1-4-19-17(21-14-18(3)11-5-13-22-18)20-12-10-16-8-6-15(2)7-9-16/h6-9H,4-5,10-14H2,1-3H3,(H2,19,20,21). The average molecular weight is 303 g/mol. The SMILES string of the molecule is CCNC(=NCC1(C)CCCO1)NCCc1ccc(C)cc1. The number of ether oxygens (including phenoxy) is 1. The van der Waals surface area contributed by atoms with Crippen molar-refractivity contribution in [2.75, 3.05) is 26.2 Å². The summed E-state index contributed by atoms with van der Waals surface area (Å²) in [6, 6.07) is 8.70. The number of rotatable bonds is 6. The number of nitrogens with one attached hydrogen (secondary N) is 2. The van der Waals surface area contributed by atoms with Gasteiger partial charge in [-0.1, -0.05) is 29.8 Å². The minimum atomic E-state index is -0.0840. The van der Waals surface area contributed by atoms with Crippen LogP contribution in [0.2, 0.25) is 0 Å². The number of hydrogen-bond acceptors (Lipinski definition) is 2. The molecule has 1 aliphatic heterocycles. The number of aryl methyl sites for hydroxylation is 1. The lowest BCUT2D eigenvalue weighted by Crippen LogP contribution is -2.40. The number of aliphatic imine (C=N–C) groups is 1. The van der Waals surface area contributed by atoms with E-state index in [0.717, 1.165) is 44.9 Å². The average Bonchev–Trinajstić information content (AvgIpc) is 2.94. The molecule has 1 fully saturated rings. The van der Waals surface area contributed by atoms with Crippen molar-refractivity contribution in [1.82, 2.24) is 10.6 Å². The van der Waals surface area contributed by atoms with Gasteiger partial charge in [-0.2, -0.15) is 0 Å². The lowest BCUT2D eigenvalue weighted by Gasteiger charge is -2.21. The van der Waals surface area contributed by atoms with Gasteiger partial charge < -0.3 is 15.4 Å². The summed E-state index contributed by atoms with van der Waals surface area (Å²) in [5, 5.41) is 6.71. The predicted molar refractivity (Wildman–Crippen MR) is 92.5 cm³/mol. The normalized spacial score (nSPS) is 21.9. The summed E-state index contributed by atoms with van der Waals surface area (Å²) in [5.41, 5.74) is 2.57. The van der Waals surface area contributed by atoms with Crippen LogP contribution >= 0.6 is 0 Å². The largest absolute Gasteiger partial charge is 0.373 e. The predicted octanol–water partition coefficient (Wildman–Crippen LogP) is 2.66. The van der Waals surface area contributed by atoms with Gasteiger partial charge in [0.1, 0.15) is 0 Å². The van der Waals surface area contributed by atoms with Gasteiger partial charge in [0.2, 0.25) is 0 Å². The number of nitrogens with zero attached hydrogens (tertiary/aromatic N) is 1. The second-order valence-electron chi connectivity index (χ2n) is 6.26. The van der Waals surface area contributed by atoms with Crippen molar-refractivity contribution in [2.45, 2.75) is 45.6 Å². The molecule has 1 heterocycles. The lowest BCUT2D eigenvalue weighted by atomic mass is 10.0. The van der Waals surface area contributed by atoms with E-state index in [1.807, 2.05) is 0 Å². The topological polar surface area (TPSA) is 45.7 Å². The van der Waals surface area contributed by atoms with E-state index in [0.29, 0.717) is 6.54 Å². The highest BCUT2D eigenvalue weighted by Crippen LogP contribution is 2.24. The first kappa shape index (κ1) is 16.8. The Kier molecular flexibility index (Phi) is 6.25. The molecule has 1 saturated heterocycles. The van der Waals surface area contributed by atoms with E-state index in [-0.39, 0.29) is 5.60 Å². The van der Waals surface area contributed by atoms with Crippen molar-refractivity contribution in [3.63, 3.8) is 0 Å². The fraction of sp³-hybridized carbons (Fsp3) is 0.611. The van der Waals surface area contributed by atoms with Crippen LogP contribution in [0.1, 0.15) is 37.8 Å². The van der Waals surface area contributed by atoms with E-state index in [1.165, 1.54) is 11.1 Å². The smallest absolute Gasteiger partial charge is 0.191 e. The molecule has 0 aromatic heterocycles. The van der Waals surface area contributed by atoms with E-state index in [1.54, 1.807) is 0 Å². The maximum absolute atomic E-state index is 5.79. The van der Waals surface area contributed by atoms with Crippen LogP contribution in [0.3, 0.4) is 0 Å². The molecule has 1 aromatic carbocycles. The number of hydrogen-bond donors (Lipinski definition) is 2. The molecule has 4 heteroatoms. The molecular weight excluding hydrogens is 274 g/mol. The van der Waals surface area contributed by atoms with Gasteiger partial charge in [-0.25, -0.2) is 0 Å². The van der Waals surface area contributed by atoms with Gasteiger partial charge in [-0.3, -0.25) is 4.99 Å². The summed E-state index contributed by atoms with van der Waals surface area (Å²) in [6.45, 7) is 9.69. The first-order valence-corrected chi connectivity index (χ1v) is 8.33. The Labute approximate surface area is 134 Å². The van der Waals surface area contributed by atoms with Gasteiger partial charge in [-0.15, -0.1) is 0 Å². The maximum Gasteiger partial charge on any atom is 0.191 e. The first-order valence-electron chi connectivity index (χ1n) is 8.33. The van der Waals surface area contributed by atoms with Crippen LogP contribution in [0.4, 0.5) is 0 Å². The fourth-order valence-corrected chi connectivity index (χ4v) is 2.63. The van der Waals surface area contributed by atoms with Crippen LogP contribution < -0.4 is 10.6 Å². The zero-order chi connectivity index (χ0) is 15.8. The number of guanidine groups is 1. The van der Waals surface area contributed by atoms with Gasteiger partial charge >= 0.3 is 0 Å². The molecule has 1 atom stereocenters. The molecule has 122 valence electrons. The fourth-order valence-electron chi connectivity index (χ4n) is 2.63. The zero-order valence-corrected chi connectivity index (χ0v) is 14.1. The summed E-state index contributed by atoms with van der Waals surface area (Å²) in [6.07, 6.45) is 3.24. The van der Waals surface area contributed by atoms with Crippen molar-refractivity contribution < 1.29 is 4.74 Å². The third kappa shape index (κ3) is 5.34. The van der Waals surface area contributed by atoms with E-state index >= 15 is 0 Å². The van der Waals surface area contributed by atoms with Crippen molar-refractivity contribution in [2.24, 2.45) is 4.99 Å². The van der Waals surface area contributed by atoms with Crippen LogP contribution in [0.15, 0.2) is 29.3 Å². The molecule has 0 bridgehead atoms. The molecule has 1 aliphatic rings. The van der Waals surface area contributed by atoms with Crippen molar-refractivity contribution in [3.8, 4) is 0 Å². The Balaban J connectivity index is 1.81. The Morgan fingerprint density at radius 2 is 2.05 bits per heavy atom. The summed E-state index contributed by atoms with van der Waals surface area (Å²) >= 11 is 0. The van der Waals surface area contributed by atoms with Crippen LogP contribution in [-0.4, -0.2) is 37.8 Å². The molecule has 1 unspecified atom stereocenters. The zero-order valence-electron chi connectivity index (χ0n) is 14.1. The van der Waals surface area contributed by atoms with Gasteiger partial charge in [0, 0.05) is 19.7 Å². The molecule has 2 rings (SSSR count). The molecule has 1 aromatic rings. The molecule has 4 nitrogen and oxygen atoms in total. The summed E-state index contributed by atoms with van der Waals surface area (Å²) in [7, 11) is 0. The minimum Gasteiger partial charge on any atom is -0.373 e. The van der Waals surface area contributed by atoms with Gasteiger partial charge in [0.25, 0.3) is 0 Å². The Hall–Kier alpha value is -1.55. The second-order valence-corrected chi connectivity index (χ2v) is 6.26. The lowest BCUT2D eigenvalue weighted by molar-refractivity contribution is 0.0283. The van der Waals surface area contributed by atoms with E-state index in [2.05, 4.69) is 60.7 Å². The van der Waals surface area contributed by atoms with Crippen LogP contribution in [0.5, 0.6) is 0 Å². The Bertz CT molecular complexity index is 476. The monoisotopic (exact) mass is 303 g/mol. The third-order valence-electron chi connectivity index (χ3n) is 4.04. The van der Waals surface area contributed by atoms with E-state index in [4.69, 9.17) is 4.74 Å². The quantitative estimate of drug-likeness (QED) is 0.627. The Morgan fingerprint density at radius 1 is 1.27 bits per heavy atom. The highest BCUT2D eigenvalue weighted by Gasteiger charge is 2.29. The summed E-state index contributed by atoms with van der Waals surface area (Å²) in [4.78, 5) is 4.68. The molecule has 22 heavy (non-hydrogen) atoms. The highest BCUT2D eigenvalue weighted by atomic mass is 16.5. The molecule has 0 radical (unpaired) electrons. The van der Waals surface area contributed by atoms with Crippen molar-refractivity contribution in [3.05, 3.63) is 35.4 Å². The molecule has 2 N–H and O–H groups in total. The molecule has 0 aliphatic carbocycles. The molecule has 0 saturated carbocycles. The van der Waals surface area contributed by atoms with Crippen LogP contribution in [0, 0.1) is 6.92 Å². The summed E-state index contributed by atoms with van der Waals surface area (Å²) < 4.78 is 5.79. The molecular formula is C18H29N3O. The van der Waals surface area contributed by atoms with Gasteiger partial charge in [0.15, 0.2) is 5.96 Å². The minimum absolute atomic E-state index is 0.0840. The third-order valence-corrected chi connectivity index (χ3v) is 4.04. The first-order chi connectivity index (χ1) is 10.6. The van der Waals surface area contributed by atoms with E-state index < -0.39 is 0 Å². The maximum atomic E-state index is 5.79. The van der Waals surface area contributed by atoms with Crippen molar-refractivity contribution in [1.29, 1.82) is 0 Å². The van der Waals surface area contributed by atoms with E-state index in [9.17, 15) is 0 Å². The highest BCUT2D eigenvalue weighted by molar-refractivity contribution is 5.79. The Morgan fingerprint density at radius 3 is 2.68 bits per heavy atom. The summed E-state index contributed by atoms with van der Waals surface area (Å²) in [5.74, 6) is 0.881. The number of benzene rings is 1.